The van der Waals surface area contributed by atoms with Crippen molar-refractivity contribution in [2.45, 2.75) is 18.9 Å². The first-order valence-electron chi connectivity index (χ1n) is 5.84. The minimum absolute atomic E-state index is 0.123. The molecule has 1 saturated carbocycles. The highest BCUT2D eigenvalue weighted by molar-refractivity contribution is 5.38. The van der Waals surface area contributed by atoms with Crippen LogP contribution in [0.1, 0.15) is 24.4 Å². The predicted molar refractivity (Wildman–Crippen MR) is 65.6 cm³/mol. The Morgan fingerprint density at radius 3 is 2.78 bits per heavy atom. The van der Waals surface area contributed by atoms with Crippen molar-refractivity contribution >= 4 is 5.69 Å². The SMILES string of the molecule is CNCC1(C(N)c2cc([N+](=O)[O-])ccc2F)CC1. The molecule has 1 aliphatic carbocycles. The fourth-order valence-corrected chi connectivity index (χ4v) is 2.32. The molecule has 0 radical (unpaired) electrons. The van der Waals surface area contributed by atoms with E-state index in [4.69, 9.17) is 5.73 Å². The van der Waals surface area contributed by atoms with Crippen molar-refractivity contribution in [3.63, 3.8) is 0 Å². The Labute approximate surface area is 104 Å². The molecular weight excluding hydrogens is 237 g/mol. The molecule has 0 amide bonds. The number of rotatable bonds is 5. The second-order valence-electron chi connectivity index (χ2n) is 4.83. The highest BCUT2D eigenvalue weighted by Gasteiger charge is 2.48. The van der Waals surface area contributed by atoms with Crippen LogP contribution in [0.2, 0.25) is 0 Å². The Bertz CT molecular complexity index is 474. The molecule has 1 aromatic carbocycles. The summed E-state index contributed by atoms with van der Waals surface area (Å²) in [6, 6.07) is 3.01. The molecule has 1 atom stereocenters. The summed E-state index contributed by atoms with van der Waals surface area (Å²) in [4.78, 5) is 10.2. The van der Waals surface area contributed by atoms with Gasteiger partial charge < -0.3 is 11.1 Å². The third-order valence-corrected chi connectivity index (χ3v) is 3.61. The maximum absolute atomic E-state index is 13.8. The van der Waals surface area contributed by atoms with Crippen LogP contribution in [0.15, 0.2) is 18.2 Å². The highest BCUT2D eigenvalue weighted by Crippen LogP contribution is 2.53. The van der Waals surface area contributed by atoms with Crippen molar-refractivity contribution in [3.05, 3.63) is 39.7 Å². The van der Waals surface area contributed by atoms with E-state index in [1.54, 1.807) is 0 Å². The molecule has 0 spiro atoms. The van der Waals surface area contributed by atoms with Gasteiger partial charge in [-0.05, 0) is 26.0 Å². The van der Waals surface area contributed by atoms with Gasteiger partial charge in [0.05, 0.1) is 4.92 Å². The van der Waals surface area contributed by atoms with E-state index in [2.05, 4.69) is 5.32 Å². The van der Waals surface area contributed by atoms with E-state index in [-0.39, 0.29) is 16.7 Å². The standard InChI is InChI=1S/C12H16FN3O2/c1-15-7-12(4-5-12)11(14)9-6-8(16(17)18)2-3-10(9)13/h2-3,6,11,15H,4-5,7,14H2,1H3. The van der Waals surface area contributed by atoms with Gasteiger partial charge in [0.2, 0.25) is 0 Å². The van der Waals surface area contributed by atoms with Gasteiger partial charge in [0.1, 0.15) is 5.82 Å². The number of hydrogen-bond donors (Lipinski definition) is 2. The van der Waals surface area contributed by atoms with Gasteiger partial charge in [0, 0.05) is 35.7 Å². The van der Waals surface area contributed by atoms with E-state index < -0.39 is 16.8 Å². The van der Waals surface area contributed by atoms with E-state index in [1.807, 2.05) is 7.05 Å². The third-order valence-electron chi connectivity index (χ3n) is 3.61. The molecule has 1 aromatic rings. The summed E-state index contributed by atoms with van der Waals surface area (Å²) >= 11 is 0. The second kappa shape index (κ2) is 4.62. The molecule has 1 aliphatic rings. The Kier molecular flexibility index (Phi) is 3.32. The minimum Gasteiger partial charge on any atom is -0.323 e. The zero-order valence-electron chi connectivity index (χ0n) is 10.1. The van der Waals surface area contributed by atoms with Gasteiger partial charge in [-0.15, -0.1) is 0 Å². The van der Waals surface area contributed by atoms with Crippen molar-refractivity contribution in [3.8, 4) is 0 Å². The Hall–Kier alpha value is -1.53. The highest BCUT2D eigenvalue weighted by atomic mass is 19.1. The molecule has 18 heavy (non-hydrogen) atoms. The lowest BCUT2D eigenvalue weighted by Crippen LogP contribution is -2.32. The number of nitrogens with one attached hydrogen (secondary N) is 1. The predicted octanol–water partition coefficient (Wildman–Crippen LogP) is 1.73. The molecular formula is C12H16FN3O2. The van der Waals surface area contributed by atoms with Crippen LogP contribution < -0.4 is 11.1 Å². The summed E-state index contributed by atoms with van der Waals surface area (Å²) in [6.45, 7) is 0.691. The van der Waals surface area contributed by atoms with Crippen LogP contribution in [-0.2, 0) is 0 Å². The number of nitrogens with two attached hydrogens (primary N) is 1. The fourth-order valence-electron chi connectivity index (χ4n) is 2.32. The number of benzene rings is 1. The van der Waals surface area contributed by atoms with E-state index in [1.165, 1.54) is 6.07 Å². The van der Waals surface area contributed by atoms with E-state index in [9.17, 15) is 14.5 Å². The average Bonchev–Trinajstić information content (AvgIpc) is 3.10. The van der Waals surface area contributed by atoms with Crippen LogP contribution in [0.25, 0.3) is 0 Å². The normalized spacial score (nSPS) is 18.4. The third kappa shape index (κ3) is 2.21. The minimum atomic E-state index is -0.534. The fraction of sp³-hybridized carbons (Fsp3) is 0.500. The van der Waals surface area contributed by atoms with Gasteiger partial charge in [-0.1, -0.05) is 0 Å². The molecule has 0 heterocycles. The maximum Gasteiger partial charge on any atom is 0.269 e. The van der Waals surface area contributed by atoms with Crippen molar-refractivity contribution in [2.24, 2.45) is 11.1 Å². The van der Waals surface area contributed by atoms with E-state index in [0.29, 0.717) is 6.54 Å². The number of nitrogens with zero attached hydrogens (tertiary/aromatic N) is 1. The smallest absolute Gasteiger partial charge is 0.269 e. The maximum atomic E-state index is 13.8. The largest absolute Gasteiger partial charge is 0.323 e. The molecule has 0 aliphatic heterocycles. The summed E-state index contributed by atoms with van der Waals surface area (Å²) in [7, 11) is 1.82. The zero-order chi connectivity index (χ0) is 13.3. The quantitative estimate of drug-likeness (QED) is 0.618. The van der Waals surface area contributed by atoms with Crippen molar-refractivity contribution in [1.82, 2.24) is 5.32 Å². The molecule has 6 heteroatoms. The summed E-state index contributed by atoms with van der Waals surface area (Å²) < 4.78 is 13.8. The number of nitro benzene ring substituents is 1. The summed E-state index contributed by atoms with van der Waals surface area (Å²) in [5.41, 5.74) is 6.04. The lowest BCUT2D eigenvalue weighted by Gasteiger charge is -2.23. The van der Waals surface area contributed by atoms with Crippen molar-refractivity contribution in [2.75, 3.05) is 13.6 Å². The van der Waals surface area contributed by atoms with Crippen LogP contribution in [-0.4, -0.2) is 18.5 Å². The summed E-state index contributed by atoms with van der Waals surface area (Å²) in [5, 5.41) is 13.7. The molecule has 3 N–H and O–H groups in total. The number of halogens is 1. The molecule has 0 saturated heterocycles. The van der Waals surface area contributed by atoms with Gasteiger partial charge in [-0.3, -0.25) is 10.1 Å². The van der Waals surface area contributed by atoms with Crippen molar-refractivity contribution < 1.29 is 9.31 Å². The molecule has 2 rings (SSSR count). The van der Waals surface area contributed by atoms with Crippen molar-refractivity contribution in [1.29, 1.82) is 0 Å². The van der Waals surface area contributed by atoms with Gasteiger partial charge in [-0.2, -0.15) is 0 Å². The van der Waals surface area contributed by atoms with Crippen LogP contribution in [0.4, 0.5) is 10.1 Å². The number of non-ortho nitro benzene ring substituents is 1. The second-order valence-corrected chi connectivity index (χ2v) is 4.83. The van der Waals surface area contributed by atoms with Gasteiger partial charge >= 0.3 is 0 Å². The molecule has 0 bridgehead atoms. The first-order valence-corrected chi connectivity index (χ1v) is 5.84. The number of nitro groups is 1. The van der Waals surface area contributed by atoms with Crippen LogP contribution in [0, 0.1) is 21.3 Å². The number of hydrogen-bond acceptors (Lipinski definition) is 4. The zero-order valence-corrected chi connectivity index (χ0v) is 10.1. The lowest BCUT2D eigenvalue weighted by molar-refractivity contribution is -0.385. The van der Waals surface area contributed by atoms with Crippen LogP contribution in [0.5, 0.6) is 0 Å². The monoisotopic (exact) mass is 253 g/mol. The summed E-state index contributed by atoms with van der Waals surface area (Å²) in [5.74, 6) is -0.476. The first-order chi connectivity index (χ1) is 8.50. The summed E-state index contributed by atoms with van der Waals surface area (Å²) in [6.07, 6.45) is 1.83. The molecule has 98 valence electrons. The van der Waals surface area contributed by atoms with Gasteiger partial charge in [0.25, 0.3) is 5.69 Å². The average molecular weight is 253 g/mol. The Morgan fingerprint density at radius 1 is 1.61 bits per heavy atom. The molecule has 1 unspecified atom stereocenters. The molecule has 5 nitrogen and oxygen atoms in total. The van der Waals surface area contributed by atoms with E-state index in [0.717, 1.165) is 25.0 Å². The van der Waals surface area contributed by atoms with Crippen LogP contribution in [0.3, 0.4) is 0 Å². The lowest BCUT2D eigenvalue weighted by atomic mass is 9.90. The topological polar surface area (TPSA) is 81.2 Å². The van der Waals surface area contributed by atoms with Crippen LogP contribution >= 0.6 is 0 Å². The first kappa shape index (κ1) is 12.9. The molecule has 1 fully saturated rings. The van der Waals surface area contributed by atoms with E-state index >= 15 is 0 Å². The van der Waals surface area contributed by atoms with Gasteiger partial charge in [0.15, 0.2) is 0 Å². The Morgan fingerprint density at radius 2 is 2.28 bits per heavy atom. The molecule has 0 aromatic heterocycles. The Balaban J connectivity index is 2.32. The van der Waals surface area contributed by atoms with Gasteiger partial charge in [-0.25, -0.2) is 4.39 Å².